The van der Waals surface area contributed by atoms with Crippen molar-refractivity contribution < 1.29 is 19.1 Å². The second-order valence-electron chi connectivity index (χ2n) is 6.92. The average Bonchev–Trinajstić information content (AvgIpc) is 3.14. The van der Waals surface area contributed by atoms with E-state index >= 15 is 0 Å². The molecule has 0 spiro atoms. The topological polar surface area (TPSA) is 59.1 Å². The lowest BCUT2D eigenvalue weighted by Gasteiger charge is -2.46. The molecule has 3 heterocycles. The number of amides is 2. The van der Waals surface area contributed by atoms with E-state index in [4.69, 9.17) is 9.47 Å². The predicted octanol–water partition coefficient (Wildman–Crippen LogP) is 1.81. The summed E-state index contributed by atoms with van der Waals surface area (Å²) in [5, 5.41) is 0. The van der Waals surface area contributed by atoms with E-state index in [2.05, 4.69) is 19.6 Å². The molecule has 0 radical (unpaired) electrons. The Kier molecular flexibility index (Phi) is 3.29. The third-order valence-electron chi connectivity index (χ3n) is 5.42. The summed E-state index contributed by atoms with van der Waals surface area (Å²) in [6.07, 6.45) is 0.651. The largest absolute Gasteiger partial charge is 0.454 e. The van der Waals surface area contributed by atoms with Crippen LogP contribution in [-0.4, -0.2) is 46.4 Å². The number of rotatable bonds is 1. The molecule has 4 atom stereocenters. The monoisotopic (exact) mass is 348 g/mol. The Balaban J connectivity index is 1.76. The van der Waals surface area contributed by atoms with Gasteiger partial charge in [0.1, 0.15) is 6.04 Å². The first-order chi connectivity index (χ1) is 11.3. The lowest BCUT2D eigenvalue weighted by molar-refractivity contribution is -0.161. The number of likely N-dealkylation sites (N-methyl/N-ethyl adjacent to an activating group) is 1. The Morgan fingerprint density at radius 1 is 1.25 bits per heavy atom. The van der Waals surface area contributed by atoms with Crippen LogP contribution < -0.4 is 9.47 Å². The van der Waals surface area contributed by atoms with E-state index in [1.54, 1.807) is 18.9 Å². The molecule has 0 bridgehead atoms. The van der Waals surface area contributed by atoms with Gasteiger partial charge in [-0.25, -0.2) is 0 Å². The molecule has 0 aromatic heterocycles. The zero-order valence-corrected chi connectivity index (χ0v) is 14.7. The molecule has 0 aliphatic carbocycles. The highest BCUT2D eigenvalue weighted by atomic mass is 32.1. The predicted molar refractivity (Wildman–Crippen MR) is 89.9 cm³/mol. The van der Waals surface area contributed by atoms with Crippen LogP contribution in [0.5, 0.6) is 11.5 Å². The lowest BCUT2D eigenvalue weighted by Crippen LogP contribution is -2.65. The molecule has 0 saturated carbocycles. The maximum atomic E-state index is 13.0. The van der Waals surface area contributed by atoms with Crippen LogP contribution in [0.3, 0.4) is 0 Å². The van der Waals surface area contributed by atoms with Gasteiger partial charge in [-0.15, -0.1) is 12.6 Å². The number of benzene rings is 1. The Morgan fingerprint density at radius 3 is 2.71 bits per heavy atom. The number of piperazine rings is 1. The highest BCUT2D eigenvalue weighted by molar-refractivity contribution is 7.82. The number of carbonyl (C=O) groups excluding carboxylic acids is 2. The van der Waals surface area contributed by atoms with E-state index in [0.29, 0.717) is 17.9 Å². The number of thiol groups is 1. The zero-order valence-electron chi connectivity index (χ0n) is 13.9. The second-order valence-corrected chi connectivity index (χ2v) is 7.79. The number of nitrogens with zero attached hydrogens (tertiary/aromatic N) is 2. The number of carbonyl (C=O) groups is 2. The molecule has 2 unspecified atom stereocenters. The number of fused-ring (bicyclic) bond motifs is 2. The molecule has 1 aromatic carbocycles. The molecule has 0 N–H and O–H groups in total. The smallest absolute Gasteiger partial charge is 0.259 e. The summed E-state index contributed by atoms with van der Waals surface area (Å²) in [4.78, 5) is 27.8. The summed E-state index contributed by atoms with van der Waals surface area (Å²) in [6.45, 7) is 3.96. The van der Waals surface area contributed by atoms with Crippen LogP contribution in [0.4, 0.5) is 0 Å². The van der Waals surface area contributed by atoms with Crippen LogP contribution in [-0.2, 0) is 9.59 Å². The van der Waals surface area contributed by atoms with E-state index in [1.807, 2.05) is 18.2 Å². The molecular formula is C17H20N2O4S. The van der Waals surface area contributed by atoms with Crippen molar-refractivity contribution in [2.24, 2.45) is 5.92 Å². The Bertz CT molecular complexity index is 735. The van der Waals surface area contributed by atoms with Crippen LogP contribution in [0.2, 0.25) is 0 Å². The molecule has 7 heteroatoms. The first-order valence-corrected chi connectivity index (χ1v) is 8.49. The Morgan fingerprint density at radius 2 is 1.96 bits per heavy atom. The molecule has 6 nitrogen and oxygen atoms in total. The number of hydrogen-bond donors (Lipinski definition) is 1. The van der Waals surface area contributed by atoms with Crippen LogP contribution in [0.1, 0.15) is 31.9 Å². The zero-order chi connectivity index (χ0) is 17.2. The minimum atomic E-state index is -1.13. The summed E-state index contributed by atoms with van der Waals surface area (Å²) in [5.41, 5.74) is 0.962. The van der Waals surface area contributed by atoms with Crippen molar-refractivity contribution in [3.63, 3.8) is 0 Å². The summed E-state index contributed by atoms with van der Waals surface area (Å²) < 4.78 is 10.8. The Labute approximate surface area is 146 Å². The van der Waals surface area contributed by atoms with Gasteiger partial charge in [0.15, 0.2) is 16.4 Å². The van der Waals surface area contributed by atoms with Crippen LogP contribution in [0.15, 0.2) is 18.2 Å². The third kappa shape index (κ3) is 1.97. The van der Waals surface area contributed by atoms with Crippen molar-refractivity contribution in [1.29, 1.82) is 0 Å². The Hall–Kier alpha value is -1.89. The SMILES string of the molecule is CC1CC2C(=O)N(C)[C@](C)(S)C(=O)N2[C@@H]1c1ccc2c(c1)OCO2. The standard InChI is InChI=1S/C17H20N2O4S/c1-9-6-11-15(20)18(3)17(2,24)16(21)19(11)14(9)10-4-5-12-13(7-10)23-8-22-12/h4-5,7,9,11,14,24H,6,8H2,1-3H3/t9?,11?,14-,17+/m0/s1. The fourth-order valence-corrected chi connectivity index (χ4v) is 4.18. The van der Waals surface area contributed by atoms with Gasteiger partial charge in [0.25, 0.3) is 5.91 Å². The molecule has 3 aliphatic rings. The van der Waals surface area contributed by atoms with E-state index in [0.717, 1.165) is 5.56 Å². The molecule has 128 valence electrons. The van der Waals surface area contributed by atoms with Crippen LogP contribution in [0.25, 0.3) is 0 Å². The van der Waals surface area contributed by atoms with Crippen molar-refractivity contribution in [2.45, 2.75) is 37.2 Å². The number of ether oxygens (including phenoxy) is 2. The van der Waals surface area contributed by atoms with Gasteiger partial charge in [-0.2, -0.15) is 0 Å². The van der Waals surface area contributed by atoms with Gasteiger partial charge in [-0.05, 0) is 37.0 Å². The maximum absolute atomic E-state index is 13.0. The third-order valence-corrected chi connectivity index (χ3v) is 5.91. The summed E-state index contributed by atoms with van der Waals surface area (Å²) in [7, 11) is 1.64. The fourth-order valence-electron chi connectivity index (χ4n) is 3.96. The average molecular weight is 348 g/mol. The quantitative estimate of drug-likeness (QED) is 0.787. The van der Waals surface area contributed by atoms with Crippen molar-refractivity contribution in [3.8, 4) is 11.5 Å². The van der Waals surface area contributed by atoms with Gasteiger partial charge in [0.05, 0.1) is 6.04 Å². The van der Waals surface area contributed by atoms with Gasteiger partial charge >= 0.3 is 0 Å². The lowest BCUT2D eigenvalue weighted by atomic mass is 9.94. The summed E-state index contributed by atoms with van der Waals surface area (Å²) >= 11 is 4.47. The van der Waals surface area contributed by atoms with Crippen LogP contribution >= 0.6 is 12.6 Å². The molecule has 2 saturated heterocycles. The summed E-state index contributed by atoms with van der Waals surface area (Å²) in [6, 6.07) is 5.13. The second kappa shape index (κ2) is 5.05. The molecule has 1 aromatic rings. The van der Waals surface area contributed by atoms with Crippen molar-refractivity contribution in [1.82, 2.24) is 9.80 Å². The van der Waals surface area contributed by atoms with Crippen molar-refractivity contribution in [2.75, 3.05) is 13.8 Å². The van der Waals surface area contributed by atoms with E-state index in [1.165, 1.54) is 4.90 Å². The van der Waals surface area contributed by atoms with Crippen molar-refractivity contribution >= 4 is 24.4 Å². The normalized spacial score (nSPS) is 34.8. The maximum Gasteiger partial charge on any atom is 0.259 e. The van der Waals surface area contributed by atoms with Crippen LogP contribution in [0, 0.1) is 5.92 Å². The van der Waals surface area contributed by atoms with Crippen molar-refractivity contribution in [3.05, 3.63) is 23.8 Å². The van der Waals surface area contributed by atoms with Gasteiger partial charge < -0.3 is 19.3 Å². The molecule has 2 fully saturated rings. The molecular weight excluding hydrogens is 328 g/mol. The molecule has 3 aliphatic heterocycles. The molecule has 2 amide bonds. The summed E-state index contributed by atoms with van der Waals surface area (Å²) in [5.74, 6) is 1.37. The van der Waals surface area contributed by atoms with Gasteiger partial charge in [0.2, 0.25) is 12.7 Å². The fraction of sp³-hybridized carbons (Fsp3) is 0.529. The highest BCUT2D eigenvalue weighted by Gasteiger charge is 2.56. The highest BCUT2D eigenvalue weighted by Crippen LogP contribution is 2.48. The van der Waals surface area contributed by atoms with E-state index in [-0.39, 0.29) is 30.6 Å². The first-order valence-electron chi connectivity index (χ1n) is 8.04. The van der Waals surface area contributed by atoms with Gasteiger partial charge in [-0.3, -0.25) is 9.59 Å². The van der Waals surface area contributed by atoms with Gasteiger partial charge in [-0.1, -0.05) is 13.0 Å². The van der Waals surface area contributed by atoms with E-state index in [9.17, 15) is 9.59 Å². The molecule has 24 heavy (non-hydrogen) atoms. The number of hydrogen-bond acceptors (Lipinski definition) is 5. The first kappa shape index (κ1) is 15.6. The van der Waals surface area contributed by atoms with E-state index < -0.39 is 10.9 Å². The minimum absolute atomic E-state index is 0.0535. The minimum Gasteiger partial charge on any atom is -0.454 e. The van der Waals surface area contributed by atoms with Gasteiger partial charge in [0, 0.05) is 7.05 Å². The molecule has 4 rings (SSSR count).